The third-order valence-electron chi connectivity index (χ3n) is 10.7. The van der Waals surface area contributed by atoms with Gasteiger partial charge >= 0.3 is 0 Å². The standard InChI is InChI=1S/C43H50N8O9/c1-3-9-34(42(56)51-28-33(60-23-22-59-21-20-58-2)25-37(51)40(54)47-32-13-6-17-45-27-32)48-38(52)29-10-4-12-31(24-29)46-39(53)35-14-7-18-49(35)43(57)36-15-8-19-50(36)41(55)30-11-5-16-44-26-30/h1,4-6,10-13,16-17,24,26-27,33-37H,7-9,14-15,18-23,25,28H2,2H3,(H,46,53)(H,47,54)(H,48,52)/t33-,34-,35-,36-,37-/m0/s1. The number of methoxy groups -OCH3 is 1. The molecule has 0 saturated carbocycles. The molecule has 0 spiro atoms. The van der Waals surface area contributed by atoms with Crippen molar-refractivity contribution >= 4 is 46.8 Å². The van der Waals surface area contributed by atoms with Crippen LogP contribution in [0.1, 0.15) is 59.2 Å². The molecule has 0 bridgehead atoms. The highest BCUT2D eigenvalue weighted by atomic mass is 16.5. The van der Waals surface area contributed by atoms with Gasteiger partial charge in [0.05, 0.1) is 50.0 Å². The molecule has 3 aliphatic heterocycles. The van der Waals surface area contributed by atoms with Crippen molar-refractivity contribution in [3.05, 3.63) is 84.4 Å². The SMILES string of the molecule is C#CC[C@H](NC(=O)c1cccc(NC(=O)[C@@H]2CCCN2C(=O)[C@@H]2CCCN2C(=O)c2cccnc2)c1)C(=O)N1C[C@@H](OCCOCCOC)C[C@H]1C(=O)Nc1cccnc1. The zero-order chi connectivity index (χ0) is 42.4. The van der Waals surface area contributed by atoms with E-state index in [4.69, 9.17) is 20.6 Å². The topological polar surface area (TPSA) is 202 Å². The van der Waals surface area contributed by atoms with Crippen LogP contribution in [0.2, 0.25) is 0 Å². The molecule has 0 aliphatic carbocycles. The number of pyridine rings is 2. The zero-order valence-electron chi connectivity index (χ0n) is 33.5. The molecule has 5 atom stereocenters. The van der Waals surface area contributed by atoms with Gasteiger partial charge in [-0.2, -0.15) is 0 Å². The van der Waals surface area contributed by atoms with Crippen LogP contribution in [0.3, 0.4) is 0 Å². The van der Waals surface area contributed by atoms with Crippen molar-refractivity contribution in [2.75, 3.05) is 63.8 Å². The minimum Gasteiger partial charge on any atom is -0.382 e. The van der Waals surface area contributed by atoms with Gasteiger partial charge in [-0.3, -0.25) is 38.7 Å². The predicted octanol–water partition coefficient (Wildman–Crippen LogP) is 2.12. The van der Waals surface area contributed by atoms with Crippen molar-refractivity contribution in [3.63, 3.8) is 0 Å². The Morgan fingerprint density at radius 1 is 0.800 bits per heavy atom. The van der Waals surface area contributed by atoms with Crippen LogP contribution in [0.5, 0.6) is 0 Å². The van der Waals surface area contributed by atoms with Crippen molar-refractivity contribution in [2.45, 2.75) is 68.8 Å². The summed E-state index contributed by atoms with van der Waals surface area (Å²) in [6.45, 7) is 2.22. The predicted molar refractivity (Wildman–Crippen MR) is 218 cm³/mol. The second-order valence-corrected chi connectivity index (χ2v) is 14.7. The van der Waals surface area contributed by atoms with Gasteiger partial charge in [0.1, 0.15) is 24.2 Å². The van der Waals surface area contributed by atoms with Gasteiger partial charge in [-0.25, -0.2) is 0 Å². The van der Waals surface area contributed by atoms with Gasteiger partial charge in [0.15, 0.2) is 0 Å². The number of ether oxygens (including phenoxy) is 3. The number of anilines is 2. The lowest BCUT2D eigenvalue weighted by molar-refractivity contribution is -0.139. The van der Waals surface area contributed by atoms with E-state index in [0.717, 1.165) is 0 Å². The van der Waals surface area contributed by atoms with E-state index in [-0.39, 0.29) is 43.4 Å². The fourth-order valence-corrected chi connectivity index (χ4v) is 7.73. The van der Waals surface area contributed by atoms with E-state index >= 15 is 0 Å². The Balaban J connectivity index is 1.09. The summed E-state index contributed by atoms with van der Waals surface area (Å²) in [5.74, 6) is -0.164. The van der Waals surface area contributed by atoms with Crippen LogP contribution in [0.15, 0.2) is 73.3 Å². The fourth-order valence-electron chi connectivity index (χ4n) is 7.73. The molecule has 5 heterocycles. The van der Waals surface area contributed by atoms with E-state index in [2.05, 4.69) is 31.8 Å². The first-order chi connectivity index (χ1) is 29.2. The number of hydrogen-bond donors (Lipinski definition) is 3. The highest BCUT2D eigenvalue weighted by Crippen LogP contribution is 2.28. The maximum Gasteiger partial charge on any atom is 0.256 e. The molecule has 316 valence electrons. The number of rotatable bonds is 17. The first kappa shape index (κ1) is 43.4. The quantitative estimate of drug-likeness (QED) is 0.133. The Labute approximate surface area is 348 Å². The van der Waals surface area contributed by atoms with Crippen LogP contribution >= 0.6 is 0 Å². The third kappa shape index (κ3) is 10.9. The lowest BCUT2D eigenvalue weighted by Gasteiger charge is -2.31. The van der Waals surface area contributed by atoms with Gasteiger partial charge in [0, 0.05) is 69.4 Å². The van der Waals surface area contributed by atoms with Crippen LogP contribution in [-0.4, -0.2) is 144 Å². The Morgan fingerprint density at radius 2 is 1.48 bits per heavy atom. The van der Waals surface area contributed by atoms with Crippen molar-refractivity contribution < 1.29 is 43.0 Å². The van der Waals surface area contributed by atoms with E-state index in [1.807, 2.05) is 0 Å². The van der Waals surface area contributed by atoms with Crippen molar-refractivity contribution in [2.24, 2.45) is 0 Å². The number of amides is 6. The zero-order valence-corrected chi connectivity index (χ0v) is 33.5. The molecule has 2 aromatic heterocycles. The summed E-state index contributed by atoms with van der Waals surface area (Å²) < 4.78 is 16.5. The molecule has 3 fully saturated rings. The average molecular weight is 823 g/mol. The van der Waals surface area contributed by atoms with Gasteiger partial charge < -0.3 is 44.9 Å². The number of carbonyl (C=O) groups excluding carboxylic acids is 6. The summed E-state index contributed by atoms with van der Waals surface area (Å²) in [7, 11) is 1.58. The van der Waals surface area contributed by atoms with Crippen LogP contribution in [0.4, 0.5) is 11.4 Å². The normalized spacial score (nSPS) is 20.3. The summed E-state index contributed by atoms with van der Waals surface area (Å²) in [5.41, 5.74) is 1.29. The monoisotopic (exact) mass is 822 g/mol. The lowest BCUT2D eigenvalue weighted by Crippen LogP contribution is -2.52. The molecule has 3 aromatic rings. The number of likely N-dealkylation sites (tertiary alicyclic amines) is 3. The highest BCUT2D eigenvalue weighted by molar-refractivity contribution is 6.03. The summed E-state index contributed by atoms with van der Waals surface area (Å²) in [6.07, 6.45) is 13.5. The molecule has 60 heavy (non-hydrogen) atoms. The first-order valence-electron chi connectivity index (χ1n) is 20.0. The molecule has 3 saturated heterocycles. The number of terminal acetylenes is 1. The molecule has 3 aliphatic rings. The van der Waals surface area contributed by atoms with Crippen LogP contribution in [0.25, 0.3) is 0 Å². The summed E-state index contributed by atoms with van der Waals surface area (Å²) in [5, 5.41) is 8.38. The maximum atomic E-state index is 14.1. The lowest BCUT2D eigenvalue weighted by atomic mass is 10.1. The van der Waals surface area contributed by atoms with Crippen molar-refractivity contribution in [1.29, 1.82) is 0 Å². The molecule has 0 unspecified atom stereocenters. The second kappa shape index (κ2) is 21.2. The molecule has 1 aromatic carbocycles. The van der Waals surface area contributed by atoms with Gasteiger partial charge in [0.25, 0.3) is 11.8 Å². The van der Waals surface area contributed by atoms with E-state index in [0.29, 0.717) is 75.5 Å². The van der Waals surface area contributed by atoms with Gasteiger partial charge in [-0.1, -0.05) is 6.07 Å². The number of hydrogen-bond acceptors (Lipinski definition) is 11. The third-order valence-corrected chi connectivity index (χ3v) is 10.7. The maximum absolute atomic E-state index is 14.1. The van der Waals surface area contributed by atoms with Crippen molar-refractivity contribution in [1.82, 2.24) is 30.0 Å². The average Bonchev–Trinajstić information content (AvgIpc) is 4.06. The van der Waals surface area contributed by atoms with Crippen LogP contribution in [0, 0.1) is 12.3 Å². The second-order valence-electron chi connectivity index (χ2n) is 14.7. The van der Waals surface area contributed by atoms with Gasteiger partial charge in [-0.15, -0.1) is 12.3 Å². The highest BCUT2D eigenvalue weighted by Gasteiger charge is 2.44. The Morgan fingerprint density at radius 3 is 2.22 bits per heavy atom. The largest absolute Gasteiger partial charge is 0.382 e. The van der Waals surface area contributed by atoms with E-state index in [1.165, 1.54) is 34.3 Å². The van der Waals surface area contributed by atoms with Gasteiger partial charge in [-0.05, 0) is 68.1 Å². The van der Waals surface area contributed by atoms with E-state index in [1.54, 1.807) is 60.8 Å². The fraction of sp³-hybridized carbons (Fsp3) is 0.442. The van der Waals surface area contributed by atoms with Crippen LogP contribution in [-0.2, 0) is 33.4 Å². The molecular formula is C43H50N8O9. The minimum atomic E-state index is -1.19. The smallest absolute Gasteiger partial charge is 0.256 e. The summed E-state index contributed by atoms with van der Waals surface area (Å²) >= 11 is 0. The molecule has 3 N–H and O–H groups in total. The number of aromatic nitrogens is 2. The first-order valence-corrected chi connectivity index (χ1v) is 20.0. The minimum absolute atomic E-state index is 0.0702. The Hall–Kier alpha value is -6.22. The molecule has 6 rings (SSSR count). The summed E-state index contributed by atoms with van der Waals surface area (Å²) in [4.78, 5) is 94.7. The van der Waals surface area contributed by atoms with E-state index < -0.39 is 53.9 Å². The number of carbonyl (C=O) groups is 6. The Bertz CT molecular complexity index is 2030. The number of nitrogens with one attached hydrogen (secondary N) is 3. The van der Waals surface area contributed by atoms with Crippen molar-refractivity contribution in [3.8, 4) is 12.3 Å². The van der Waals surface area contributed by atoms with Gasteiger partial charge in [0.2, 0.25) is 23.6 Å². The van der Waals surface area contributed by atoms with Crippen LogP contribution < -0.4 is 16.0 Å². The molecular weight excluding hydrogens is 773 g/mol. The molecule has 6 amide bonds. The Kier molecular flexibility index (Phi) is 15.3. The molecule has 0 radical (unpaired) electrons. The molecule has 17 nitrogen and oxygen atoms in total. The summed E-state index contributed by atoms with van der Waals surface area (Å²) in [6, 6.07) is 9.28. The molecule has 17 heteroatoms. The van der Waals surface area contributed by atoms with E-state index in [9.17, 15) is 28.8 Å². The number of nitrogens with zero attached hydrogens (tertiary/aromatic N) is 5. The number of benzene rings is 1.